The monoisotopic (exact) mass is 515 g/mol. The number of ether oxygens (including phenoxy) is 2. The maximum atomic E-state index is 13.4. The van der Waals surface area contributed by atoms with Gasteiger partial charge in [0.05, 0.1) is 19.1 Å². The van der Waals surface area contributed by atoms with E-state index in [0.29, 0.717) is 43.0 Å². The van der Waals surface area contributed by atoms with Gasteiger partial charge in [0.2, 0.25) is 21.8 Å². The lowest BCUT2D eigenvalue weighted by molar-refractivity contribution is -0.141. The molecule has 9 nitrogen and oxygen atoms in total. The SMILES string of the molecule is COc1ccc(NC(=O)C2CCCN2C(=O)C2CCN(S(=O)(=O)c3ccc(C)cc3)CC2)cc1OC. The maximum absolute atomic E-state index is 13.4. The van der Waals surface area contributed by atoms with Crippen LogP contribution in [-0.4, -0.2) is 69.3 Å². The second-order valence-electron chi connectivity index (χ2n) is 9.24. The molecule has 0 aliphatic carbocycles. The third-order valence-corrected chi connectivity index (χ3v) is 8.86. The molecule has 2 aromatic carbocycles. The van der Waals surface area contributed by atoms with Crippen molar-refractivity contribution in [2.75, 3.05) is 39.2 Å². The number of methoxy groups -OCH3 is 2. The van der Waals surface area contributed by atoms with Crippen LogP contribution in [0.4, 0.5) is 5.69 Å². The molecule has 2 aromatic rings. The minimum absolute atomic E-state index is 0.0765. The van der Waals surface area contributed by atoms with E-state index in [1.165, 1.54) is 11.4 Å². The van der Waals surface area contributed by atoms with Gasteiger partial charge in [-0.05, 0) is 56.9 Å². The van der Waals surface area contributed by atoms with E-state index >= 15 is 0 Å². The zero-order valence-electron chi connectivity index (χ0n) is 20.9. The van der Waals surface area contributed by atoms with Crippen molar-refractivity contribution in [1.29, 1.82) is 0 Å². The Kier molecular flexibility index (Phi) is 7.85. The fourth-order valence-electron chi connectivity index (χ4n) is 4.88. The number of benzene rings is 2. The molecule has 1 unspecified atom stereocenters. The summed E-state index contributed by atoms with van der Waals surface area (Å²) in [7, 11) is -0.523. The summed E-state index contributed by atoms with van der Waals surface area (Å²) in [5.74, 6) is 0.439. The first-order valence-corrected chi connectivity index (χ1v) is 13.6. The van der Waals surface area contributed by atoms with Crippen molar-refractivity contribution in [2.45, 2.75) is 43.5 Å². The van der Waals surface area contributed by atoms with Crippen molar-refractivity contribution in [1.82, 2.24) is 9.21 Å². The summed E-state index contributed by atoms with van der Waals surface area (Å²) in [4.78, 5) is 28.3. The molecule has 2 heterocycles. The lowest BCUT2D eigenvalue weighted by Gasteiger charge is -2.34. The average molecular weight is 516 g/mol. The zero-order chi connectivity index (χ0) is 25.9. The number of likely N-dealkylation sites (tertiary alicyclic amines) is 1. The number of anilines is 1. The standard InChI is InChI=1S/C26H33N3O6S/c1-18-6-9-21(10-7-18)36(32,33)28-15-12-19(13-16-28)26(31)29-14-4-5-22(29)25(30)27-20-8-11-23(34-2)24(17-20)35-3/h6-11,17,19,22H,4-5,12-16H2,1-3H3,(H,27,30). The molecule has 0 bridgehead atoms. The highest BCUT2D eigenvalue weighted by molar-refractivity contribution is 7.89. The molecule has 0 aromatic heterocycles. The van der Waals surface area contributed by atoms with Gasteiger partial charge < -0.3 is 19.7 Å². The van der Waals surface area contributed by atoms with Gasteiger partial charge in [-0.3, -0.25) is 9.59 Å². The molecule has 4 rings (SSSR count). The van der Waals surface area contributed by atoms with E-state index in [4.69, 9.17) is 9.47 Å². The molecule has 0 spiro atoms. The number of nitrogens with zero attached hydrogens (tertiary/aromatic N) is 2. The second kappa shape index (κ2) is 10.9. The van der Waals surface area contributed by atoms with E-state index in [1.54, 1.807) is 54.5 Å². The van der Waals surface area contributed by atoms with Crippen LogP contribution in [0.2, 0.25) is 0 Å². The van der Waals surface area contributed by atoms with Crippen molar-refractivity contribution in [2.24, 2.45) is 5.92 Å². The van der Waals surface area contributed by atoms with Crippen LogP contribution < -0.4 is 14.8 Å². The molecule has 1 atom stereocenters. The topological polar surface area (TPSA) is 105 Å². The van der Waals surface area contributed by atoms with E-state index in [-0.39, 0.29) is 35.7 Å². The summed E-state index contributed by atoms with van der Waals surface area (Å²) in [6.07, 6.45) is 2.21. The summed E-state index contributed by atoms with van der Waals surface area (Å²) < 4.78 is 38.0. The van der Waals surface area contributed by atoms with E-state index in [0.717, 1.165) is 12.0 Å². The van der Waals surface area contributed by atoms with Crippen LogP contribution in [0.25, 0.3) is 0 Å². The maximum Gasteiger partial charge on any atom is 0.247 e. The fourth-order valence-corrected chi connectivity index (χ4v) is 6.35. The predicted molar refractivity (Wildman–Crippen MR) is 136 cm³/mol. The molecule has 2 fully saturated rings. The first-order chi connectivity index (χ1) is 17.2. The van der Waals surface area contributed by atoms with Gasteiger partial charge in [-0.15, -0.1) is 0 Å². The molecule has 2 saturated heterocycles. The number of hydrogen-bond acceptors (Lipinski definition) is 6. The number of carbonyl (C=O) groups excluding carboxylic acids is 2. The number of rotatable bonds is 7. The molecule has 10 heteroatoms. The Labute approximate surface area is 212 Å². The Morgan fingerprint density at radius 1 is 0.917 bits per heavy atom. The van der Waals surface area contributed by atoms with Gasteiger partial charge in [-0.25, -0.2) is 8.42 Å². The van der Waals surface area contributed by atoms with Gasteiger partial charge in [-0.1, -0.05) is 17.7 Å². The molecule has 2 amide bonds. The van der Waals surface area contributed by atoms with Crippen LogP contribution in [0, 0.1) is 12.8 Å². The summed E-state index contributed by atoms with van der Waals surface area (Å²) >= 11 is 0. The third kappa shape index (κ3) is 5.34. The summed E-state index contributed by atoms with van der Waals surface area (Å²) in [5, 5.41) is 2.89. The van der Waals surface area contributed by atoms with Crippen LogP contribution >= 0.6 is 0 Å². The average Bonchev–Trinajstić information content (AvgIpc) is 3.39. The highest BCUT2D eigenvalue weighted by Crippen LogP contribution is 2.31. The zero-order valence-corrected chi connectivity index (χ0v) is 21.7. The van der Waals surface area contributed by atoms with Gasteiger partial charge in [0.25, 0.3) is 0 Å². The van der Waals surface area contributed by atoms with Crippen molar-refractivity contribution in [3.8, 4) is 11.5 Å². The number of hydrogen-bond donors (Lipinski definition) is 1. The molecule has 36 heavy (non-hydrogen) atoms. The minimum Gasteiger partial charge on any atom is -0.493 e. The number of sulfonamides is 1. The van der Waals surface area contributed by atoms with Gasteiger partial charge in [0.15, 0.2) is 11.5 Å². The molecule has 2 aliphatic rings. The predicted octanol–water partition coefficient (Wildman–Crippen LogP) is 3.04. The Hall–Kier alpha value is -3.11. The van der Waals surface area contributed by atoms with Crippen molar-refractivity contribution in [3.63, 3.8) is 0 Å². The largest absolute Gasteiger partial charge is 0.493 e. The van der Waals surface area contributed by atoms with Gasteiger partial charge in [0.1, 0.15) is 6.04 Å². The van der Waals surface area contributed by atoms with E-state index < -0.39 is 16.1 Å². The summed E-state index contributed by atoms with van der Waals surface area (Å²) in [6.45, 7) is 2.99. The number of nitrogens with one attached hydrogen (secondary N) is 1. The van der Waals surface area contributed by atoms with Gasteiger partial charge in [0, 0.05) is 37.3 Å². The third-order valence-electron chi connectivity index (χ3n) is 6.95. The van der Waals surface area contributed by atoms with Crippen molar-refractivity contribution >= 4 is 27.5 Å². The Morgan fingerprint density at radius 2 is 1.58 bits per heavy atom. The van der Waals surface area contributed by atoms with Crippen LogP contribution in [0.1, 0.15) is 31.2 Å². The lowest BCUT2D eigenvalue weighted by Crippen LogP contribution is -2.48. The quantitative estimate of drug-likeness (QED) is 0.608. The number of aryl methyl sites for hydroxylation is 1. The molecule has 2 aliphatic heterocycles. The van der Waals surface area contributed by atoms with Crippen LogP contribution in [0.15, 0.2) is 47.4 Å². The Morgan fingerprint density at radius 3 is 2.22 bits per heavy atom. The van der Waals surface area contributed by atoms with Gasteiger partial charge >= 0.3 is 0 Å². The van der Waals surface area contributed by atoms with E-state index in [9.17, 15) is 18.0 Å². The fraction of sp³-hybridized carbons (Fsp3) is 0.462. The smallest absolute Gasteiger partial charge is 0.247 e. The summed E-state index contributed by atoms with van der Waals surface area (Å²) in [5.41, 5.74) is 1.56. The normalized spacial score (nSPS) is 19.2. The van der Waals surface area contributed by atoms with E-state index in [1.807, 2.05) is 6.92 Å². The highest BCUT2D eigenvalue weighted by Gasteiger charge is 2.39. The Balaban J connectivity index is 1.38. The van der Waals surface area contributed by atoms with E-state index in [2.05, 4.69) is 5.32 Å². The number of carbonyl (C=O) groups is 2. The number of piperidine rings is 1. The molecule has 194 valence electrons. The Bertz CT molecular complexity index is 1210. The minimum atomic E-state index is -3.59. The van der Waals surface area contributed by atoms with Crippen LogP contribution in [0.3, 0.4) is 0 Å². The molecule has 0 saturated carbocycles. The van der Waals surface area contributed by atoms with Gasteiger partial charge in [-0.2, -0.15) is 4.31 Å². The molecular formula is C26H33N3O6S. The first kappa shape index (κ1) is 26.0. The van der Waals surface area contributed by atoms with Crippen molar-refractivity contribution in [3.05, 3.63) is 48.0 Å². The van der Waals surface area contributed by atoms with Crippen molar-refractivity contribution < 1.29 is 27.5 Å². The first-order valence-electron chi connectivity index (χ1n) is 12.1. The molecule has 1 N–H and O–H groups in total. The molecule has 0 radical (unpaired) electrons. The number of amides is 2. The van der Waals surface area contributed by atoms with Crippen LogP contribution in [0.5, 0.6) is 11.5 Å². The van der Waals surface area contributed by atoms with Crippen LogP contribution in [-0.2, 0) is 19.6 Å². The second-order valence-corrected chi connectivity index (χ2v) is 11.2. The summed E-state index contributed by atoms with van der Waals surface area (Å²) in [6, 6.07) is 11.4. The molecular weight excluding hydrogens is 482 g/mol. The lowest BCUT2D eigenvalue weighted by atomic mass is 9.96. The highest BCUT2D eigenvalue weighted by atomic mass is 32.2.